The van der Waals surface area contributed by atoms with Gasteiger partial charge in [-0.15, -0.1) is 4.52 Å². The second-order valence-corrected chi connectivity index (χ2v) is 5.12. The average Bonchev–Trinajstić information content (AvgIpc) is 2.31. The second-order valence-electron chi connectivity index (χ2n) is 3.11. The standard InChI is InChI=1S/C9H10F2O5PS/c1-2-6-7(10)3-4-8(11)9(6)18(13,14)16-5-15-17-12/h3-4,17H,2,5H2,1H3/q+1. The summed E-state index contributed by atoms with van der Waals surface area (Å²) in [4.78, 5) is -0.858. The number of benzene rings is 1. The van der Waals surface area contributed by atoms with Gasteiger partial charge in [0.25, 0.3) is 0 Å². The highest BCUT2D eigenvalue weighted by Crippen LogP contribution is 2.25. The van der Waals surface area contributed by atoms with Gasteiger partial charge >= 0.3 is 18.8 Å². The second kappa shape index (κ2) is 6.29. The molecule has 0 N–H and O–H groups in total. The molecule has 1 aromatic carbocycles. The molecule has 1 unspecified atom stereocenters. The van der Waals surface area contributed by atoms with Crippen LogP contribution in [0.4, 0.5) is 8.78 Å². The molecule has 0 radical (unpaired) electrons. The highest BCUT2D eigenvalue weighted by molar-refractivity contribution is 7.86. The minimum Gasteiger partial charge on any atom is -0.232 e. The van der Waals surface area contributed by atoms with E-state index in [2.05, 4.69) is 8.71 Å². The van der Waals surface area contributed by atoms with Gasteiger partial charge in [-0.2, -0.15) is 8.42 Å². The van der Waals surface area contributed by atoms with Crippen molar-refractivity contribution in [2.24, 2.45) is 0 Å². The Morgan fingerprint density at radius 2 is 1.89 bits per heavy atom. The molecule has 1 aromatic rings. The molecule has 5 nitrogen and oxygen atoms in total. The number of hydrogen-bond acceptors (Lipinski definition) is 5. The minimum absolute atomic E-state index is 0.0221. The maximum absolute atomic E-state index is 13.5. The van der Waals surface area contributed by atoms with Crippen molar-refractivity contribution < 1.29 is 30.5 Å². The number of rotatable bonds is 6. The van der Waals surface area contributed by atoms with E-state index in [0.717, 1.165) is 6.07 Å². The van der Waals surface area contributed by atoms with E-state index in [-0.39, 0.29) is 12.0 Å². The smallest absolute Gasteiger partial charge is 0.232 e. The molecular weight excluding hydrogens is 289 g/mol. The van der Waals surface area contributed by atoms with E-state index in [1.165, 1.54) is 6.92 Å². The van der Waals surface area contributed by atoms with Crippen LogP contribution >= 0.6 is 8.69 Å². The first-order valence-corrected chi connectivity index (χ1v) is 7.01. The molecule has 0 spiro atoms. The third kappa shape index (κ3) is 3.29. The summed E-state index contributed by atoms with van der Waals surface area (Å²) in [6, 6.07) is 1.53. The van der Waals surface area contributed by atoms with Gasteiger partial charge in [0.15, 0.2) is 0 Å². The fourth-order valence-electron chi connectivity index (χ4n) is 1.35. The van der Waals surface area contributed by atoms with E-state index in [0.29, 0.717) is 6.07 Å². The first kappa shape index (κ1) is 15.1. The molecule has 0 heterocycles. The van der Waals surface area contributed by atoms with E-state index in [1.807, 2.05) is 0 Å². The predicted octanol–water partition coefficient (Wildman–Crippen LogP) is 2.15. The zero-order valence-electron chi connectivity index (χ0n) is 9.27. The molecule has 1 rings (SSSR count). The van der Waals surface area contributed by atoms with E-state index in [4.69, 9.17) is 0 Å². The van der Waals surface area contributed by atoms with Gasteiger partial charge in [-0.3, -0.25) is 0 Å². The number of hydrogen-bond donors (Lipinski definition) is 0. The van der Waals surface area contributed by atoms with Crippen LogP contribution in [-0.4, -0.2) is 15.2 Å². The van der Waals surface area contributed by atoms with Gasteiger partial charge in [-0.1, -0.05) is 6.92 Å². The van der Waals surface area contributed by atoms with Crippen LogP contribution in [0.5, 0.6) is 0 Å². The van der Waals surface area contributed by atoms with Crippen LogP contribution in [0, 0.1) is 11.6 Å². The molecule has 0 aliphatic carbocycles. The molecule has 0 amide bonds. The summed E-state index contributed by atoms with van der Waals surface area (Å²) >= 11 is 0. The van der Waals surface area contributed by atoms with Gasteiger partial charge in [-0.25, -0.2) is 13.0 Å². The molecule has 18 heavy (non-hydrogen) atoms. The van der Waals surface area contributed by atoms with Crippen LogP contribution in [0.25, 0.3) is 0 Å². The van der Waals surface area contributed by atoms with Gasteiger partial charge in [0, 0.05) is 5.56 Å². The summed E-state index contributed by atoms with van der Waals surface area (Å²) in [5.41, 5.74) is -0.306. The van der Waals surface area contributed by atoms with Crippen LogP contribution < -0.4 is 0 Å². The van der Waals surface area contributed by atoms with Crippen molar-refractivity contribution in [3.8, 4) is 0 Å². The van der Waals surface area contributed by atoms with E-state index in [9.17, 15) is 21.8 Å². The Hall–Kier alpha value is -0.950. The van der Waals surface area contributed by atoms with Gasteiger partial charge in [-0.05, 0) is 23.1 Å². The van der Waals surface area contributed by atoms with E-state index < -0.39 is 42.1 Å². The quantitative estimate of drug-likeness (QED) is 0.348. The molecule has 0 saturated carbocycles. The van der Waals surface area contributed by atoms with Crippen molar-refractivity contribution in [1.82, 2.24) is 0 Å². The highest BCUT2D eigenvalue weighted by Gasteiger charge is 2.26. The van der Waals surface area contributed by atoms with E-state index >= 15 is 0 Å². The Morgan fingerprint density at radius 3 is 2.44 bits per heavy atom. The largest absolute Gasteiger partial charge is 0.496 e. The van der Waals surface area contributed by atoms with E-state index in [1.54, 1.807) is 0 Å². The first-order valence-electron chi connectivity index (χ1n) is 4.79. The maximum atomic E-state index is 13.5. The van der Waals surface area contributed by atoms with Crippen LogP contribution in [-0.2, 0) is 29.8 Å². The van der Waals surface area contributed by atoms with Crippen LogP contribution in [0.15, 0.2) is 17.0 Å². The van der Waals surface area contributed by atoms with Crippen molar-refractivity contribution in [1.29, 1.82) is 0 Å². The zero-order chi connectivity index (χ0) is 13.8. The summed E-state index contributed by atoms with van der Waals surface area (Å²) in [5.74, 6) is -1.95. The van der Waals surface area contributed by atoms with Crippen molar-refractivity contribution >= 4 is 18.8 Å². The Labute approximate surface area is 104 Å². The lowest BCUT2D eigenvalue weighted by atomic mass is 10.1. The highest BCUT2D eigenvalue weighted by atomic mass is 32.2. The van der Waals surface area contributed by atoms with Crippen molar-refractivity contribution in [3.05, 3.63) is 29.3 Å². The van der Waals surface area contributed by atoms with Gasteiger partial charge in [0.05, 0.1) is 0 Å². The van der Waals surface area contributed by atoms with Gasteiger partial charge < -0.3 is 0 Å². The van der Waals surface area contributed by atoms with Crippen molar-refractivity contribution in [2.75, 3.05) is 6.79 Å². The average molecular weight is 299 g/mol. The molecule has 0 aliphatic heterocycles. The number of halogens is 2. The Kier molecular flexibility index (Phi) is 5.28. The SMILES string of the molecule is CCc1c(F)ccc(F)c1S(=O)(=O)OCO[PH+]=O. The van der Waals surface area contributed by atoms with Crippen molar-refractivity contribution in [3.63, 3.8) is 0 Å². The fraction of sp³-hybridized carbons (Fsp3) is 0.333. The molecule has 0 aliphatic rings. The lowest BCUT2D eigenvalue weighted by Crippen LogP contribution is -2.13. The third-order valence-corrected chi connectivity index (χ3v) is 3.66. The van der Waals surface area contributed by atoms with Crippen LogP contribution in [0.1, 0.15) is 12.5 Å². The lowest BCUT2D eigenvalue weighted by Gasteiger charge is -2.09. The molecular formula is C9H10F2O5PS+. The molecule has 0 bridgehead atoms. The van der Waals surface area contributed by atoms with Crippen molar-refractivity contribution in [2.45, 2.75) is 18.2 Å². The summed E-state index contributed by atoms with van der Waals surface area (Å²) in [6.45, 7) is 0.649. The van der Waals surface area contributed by atoms with Gasteiger partial charge in [0.2, 0.25) is 6.79 Å². The third-order valence-electron chi connectivity index (χ3n) is 2.08. The molecule has 0 aromatic heterocycles. The molecule has 100 valence electrons. The predicted molar refractivity (Wildman–Crippen MR) is 59.0 cm³/mol. The monoisotopic (exact) mass is 299 g/mol. The first-order chi connectivity index (χ1) is 8.44. The summed E-state index contributed by atoms with van der Waals surface area (Å²) in [7, 11) is -5.72. The topological polar surface area (TPSA) is 69.7 Å². The normalized spacial score (nSPS) is 11.9. The molecule has 0 fully saturated rings. The van der Waals surface area contributed by atoms with Gasteiger partial charge in [0.1, 0.15) is 16.5 Å². The van der Waals surface area contributed by atoms with Crippen LogP contribution in [0.3, 0.4) is 0 Å². The summed E-state index contributed by atoms with van der Waals surface area (Å²) < 4.78 is 68.6. The Morgan fingerprint density at radius 1 is 1.28 bits per heavy atom. The Bertz CT molecular complexity index is 546. The minimum atomic E-state index is -4.50. The molecule has 1 atom stereocenters. The zero-order valence-corrected chi connectivity index (χ0v) is 11.1. The fourth-order valence-corrected chi connectivity index (χ4v) is 2.68. The lowest BCUT2D eigenvalue weighted by molar-refractivity contribution is 0.139. The van der Waals surface area contributed by atoms with Crippen LogP contribution in [0.2, 0.25) is 0 Å². The molecule has 0 saturated heterocycles. The Balaban J connectivity index is 3.22. The maximum Gasteiger partial charge on any atom is 0.496 e. The molecule has 9 heteroatoms. The summed E-state index contributed by atoms with van der Waals surface area (Å²) in [6.07, 6.45) is -0.0221. The summed E-state index contributed by atoms with van der Waals surface area (Å²) in [5, 5.41) is 0.